The number of rotatable bonds is 3. The first-order valence-corrected chi connectivity index (χ1v) is 6.60. The second-order valence-electron chi connectivity index (χ2n) is 5.89. The minimum atomic E-state index is -0.367. The summed E-state index contributed by atoms with van der Waals surface area (Å²) in [5.74, 6) is 0.919. The van der Waals surface area contributed by atoms with Crippen molar-refractivity contribution in [3.05, 3.63) is 29.6 Å². The predicted octanol–water partition coefficient (Wildman–Crippen LogP) is 2.51. The summed E-state index contributed by atoms with van der Waals surface area (Å²) in [5.41, 5.74) is 2.18. The van der Waals surface area contributed by atoms with Crippen LogP contribution in [0.5, 0.6) is 0 Å². The SMILES string of the molecule is CC(C)(CO)c1nc2cc(C#N)ccc2n1C1CC1. The Morgan fingerprint density at radius 2 is 2.21 bits per heavy atom. The Morgan fingerprint density at radius 1 is 1.47 bits per heavy atom. The van der Waals surface area contributed by atoms with Crippen LogP contribution in [0.4, 0.5) is 0 Å². The molecule has 0 unspecified atom stereocenters. The second-order valence-corrected chi connectivity index (χ2v) is 5.89. The number of hydrogen-bond acceptors (Lipinski definition) is 3. The van der Waals surface area contributed by atoms with Gasteiger partial charge in [0.05, 0.1) is 29.3 Å². The van der Waals surface area contributed by atoms with Gasteiger partial charge in [0.1, 0.15) is 5.82 Å². The molecule has 0 amide bonds. The third kappa shape index (κ3) is 1.91. The van der Waals surface area contributed by atoms with E-state index in [9.17, 15) is 5.11 Å². The fraction of sp³-hybridized carbons (Fsp3) is 0.467. The molecule has 1 N–H and O–H groups in total. The first-order chi connectivity index (χ1) is 9.06. The van der Waals surface area contributed by atoms with Crippen LogP contribution in [0.15, 0.2) is 18.2 Å². The largest absolute Gasteiger partial charge is 0.395 e. The van der Waals surface area contributed by atoms with E-state index in [0.717, 1.165) is 16.9 Å². The average Bonchev–Trinajstić information content (AvgIpc) is 3.18. The third-order valence-corrected chi connectivity index (χ3v) is 3.73. The topological polar surface area (TPSA) is 61.8 Å². The monoisotopic (exact) mass is 255 g/mol. The number of aromatic nitrogens is 2. The summed E-state index contributed by atoms with van der Waals surface area (Å²) < 4.78 is 2.24. The van der Waals surface area contributed by atoms with Gasteiger partial charge in [-0.15, -0.1) is 0 Å². The summed E-state index contributed by atoms with van der Waals surface area (Å²) in [6.07, 6.45) is 2.33. The summed E-state index contributed by atoms with van der Waals surface area (Å²) in [5, 5.41) is 18.6. The zero-order valence-electron chi connectivity index (χ0n) is 11.2. The summed E-state index contributed by atoms with van der Waals surface area (Å²) in [7, 11) is 0. The minimum absolute atomic E-state index is 0.0636. The maximum absolute atomic E-state index is 9.59. The van der Waals surface area contributed by atoms with Gasteiger partial charge in [-0.2, -0.15) is 5.26 Å². The van der Waals surface area contributed by atoms with Gasteiger partial charge in [-0.05, 0) is 31.0 Å². The van der Waals surface area contributed by atoms with Crippen LogP contribution in [0.1, 0.15) is 44.1 Å². The summed E-state index contributed by atoms with van der Waals surface area (Å²) in [6, 6.07) is 8.27. The maximum atomic E-state index is 9.59. The molecule has 4 nitrogen and oxygen atoms in total. The molecule has 1 aromatic heterocycles. The summed E-state index contributed by atoms with van der Waals surface area (Å²) >= 11 is 0. The molecule has 1 aromatic carbocycles. The summed E-state index contributed by atoms with van der Waals surface area (Å²) in [6.45, 7) is 4.06. The minimum Gasteiger partial charge on any atom is -0.395 e. The van der Waals surface area contributed by atoms with Crippen molar-refractivity contribution in [2.45, 2.75) is 38.1 Å². The fourth-order valence-electron chi connectivity index (χ4n) is 2.42. The number of benzene rings is 1. The molecule has 0 spiro atoms. The third-order valence-electron chi connectivity index (χ3n) is 3.73. The van der Waals surface area contributed by atoms with Crippen LogP contribution < -0.4 is 0 Å². The first kappa shape index (κ1) is 12.2. The van der Waals surface area contributed by atoms with Crippen LogP contribution in [0.3, 0.4) is 0 Å². The Kier molecular flexibility index (Phi) is 2.61. The lowest BCUT2D eigenvalue weighted by Crippen LogP contribution is -2.26. The van der Waals surface area contributed by atoms with E-state index < -0.39 is 0 Å². The Labute approximate surface area is 112 Å². The van der Waals surface area contributed by atoms with Gasteiger partial charge in [0.25, 0.3) is 0 Å². The average molecular weight is 255 g/mol. The molecule has 1 saturated carbocycles. The standard InChI is InChI=1S/C15H17N3O/c1-15(2,9-19)14-17-12-7-10(8-16)3-6-13(12)18(14)11-4-5-11/h3,6-7,11,19H,4-5,9H2,1-2H3. The molecule has 1 fully saturated rings. The molecule has 1 heterocycles. The highest BCUT2D eigenvalue weighted by Crippen LogP contribution is 2.41. The zero-order valence-corrected chi connectivity index (χ0v) is 11.2. The maximum Gasteiger partial charge on any atom is 0.118 e. The Balaban J connectivity index is 2.26. The van der Waals surface area contributed by atoms with Crippen LogP contribution in [-0.4, -0.2) is 21.3 Å². The molecule has 1 aliphatic carbocycles. The van der Waals surface area contributed by atoms with Gasteiger partial charge in [-0.1, -0.05) is 13.8 Å². The summed E-state index contributed by atoms with van der Waals surface area (Å²) in [4.78, 5) is 4.68. The van der Waals surface area contributed by atoms with Crippen molar-refractivity contribution in [2.75, 3.05) is 6.61 Å². The van der Waals surface area contributed by atoms with E-state index in [1.807, 2.05) is 32.0 Å². The Morgan fingerprint density at radius 3 is 2.79 bits per heavy atom. The highest BCUT2D eigenvalue weighted by Gasteiger charge is 2.34. The van der Waals surface area contributed by atoms with Gasteiger partial charge in [-0.3, -0.25) is 0 Å². The normalized spacial score (nSPS) is 15.7. The van der Waals surface area contributed by atoms with Crippen molar-refractivity contribution >= 4 is 11.0 Å². The van der Waals surface area contributed by atoms with Crippen LogP contribution in [0, 0.1) is 11.3 Å². The van der Waals surface area contributed by atoms with Gasteiger partial charge in [0, 0.05) is 11.5 Å². The van der Waals surface area contributed by atoms with Crippen LogP contribution in [0.25, 0.3) is 11.0 Å². The molecule has 19 heavy (non-hydrogen) atoms. The van der Waals surface area contributed by atoms with E-state index in [1.54, 1.807) is 0 Å². The quantitative estimate of drug-likeness (QED) is 0.916. The van der Waals surface area contributed by atoms with E-state index >= 15 is 0 Å². The van der Waals surface area contributed by atoms with Crippen molar-refractivity contribution in [3.63, 3.8) is 0 Å². The predicted molar refractivity (Wildman–Crippen MR) is 72.8 cm³/mol. The fourth-order valence-corrected chi connectivity index (χ4v) is 2.42. The molecular formula is C15H17N3O. The molecule has 0 aliphatic heterocycles. The molecule has 98 valence electrons. The van der Waals surface area contributed by atoms with Gasteiger partial charge < -0.3 is 9.67 Å². The Bertz CT molecular complexity index is 674. The molecule has 3 rings (SSSR count). The van der Waals surface area contributed by atoms with Crippen molar-refractivity contribution in [2.24, 2.45) is 0 Å². The van der Waals surface area contributed by atoms with E-state index in [0.29, 0.717) is 11.6 Å². The lowest BCUT2D eigenvalue weighted by Gasteiger charge is -2.22. The molecule has 1 aliphatic rings. The first-order valence-electron chi connectivity index (χ1n) is 6.60. The zero-order chi connectivity index (χ0) is 13.6. The molecule has 0 atom stereocenters. The highest BCUT2D eigenvalue weighted by molar-refractivity contribution is 5.78. The molecule has 0 radical (unpaired) electrons. The van der Waals surface area contributed by atoms with Gasteiger partial charge in [0.2, 0.25) is 0 Å². The van der Waals surface area contributed by atoms with Gasteiger partial charge in [-0.25, -0.2) is 4.98 Å². The van der Waals surface area contributed by atoms with Crippen molar-refractivity contribution in [1.82, 2.24) is 9.55 Å². The number of hydrogen-bond donors (Lipinski definition) is 1. The van der Waals surface area contributed by atoms with Crippen molar-refractivity contribution in [1.29, 1.82) is 5.26 Å². The highest BCUT2D eigenvalue weighted by atomic mass is 16.3. The van der Waals surface area contributed by atoms with Crippen molar-refractivity contribution < 1.29 is 5.11 Å². The smallest absolute Gasteiger partial charge is 0.118 e. The second kappa shape index (κ2) is 4.07. The Hall–Kier alpha value is -1.86. The lowest BCUT2D eigenvalue weighted by molar-refractivity contribution is 0.208. The van der Waals surface area contributed by atoms with Gasteiger partial charge >= 0.3 is 0 Å². The molecule has 0 saturated heterocycles. The van der Waals surface area contributed by atoms with E-state index in [2.05, 4.69) is 15.6 Å². The number of fused-ring (bicyclic) bond motifs is 1. The molecule has 2 aromatic rings. The number of nitrogens with zero attached hydrogens (tertiary/aromatic N) is 3. The van der Waals surface area contributed by atoms with E-state index in [1.165, 1.54) is 12.8 Å². The molecule has 0 bridgehead atoms. The number of nitriles is 1. The molecular weight excluding hydrogens is 238 g/mol. The van der Waals surface area contributed by atoms with E-state index in [4.69, 9.17) is 5.26 Å². The van der Waals surface area contributed by atoms with Crippen LogP contribution in [-0.2, 0) is 5.41 Å². The number of aliphatic hydroxyl groups excluding tert-OH is 1. The lowest BCUT2D eigenvalue weighted by atomic mass is 9.93. The van der Waals surface area contributed by atoms with E-state index in [-0.39, 0.29) is 12.0 Å². The number of aliphatic hydroxyl groups is 1. The van der Waals surface area contributed by atoms with Crippen LogP contribution >= 0.6 is 0 Å². The van der Waals surface area contributed by atoms with Crippen LogP contribution in [0.2, 0.25) is 0 Å². The number of imidazole rings is 1. The van der Waals surface area contributed by atoms with Crippen molar-refractivity contribution in [3.8, 4) is 6.07 Å². The molecule has 4 heteroatoms. The van der Waals surface area contributed by atoms with Gasteiger partial charge in [0.15, 0.2) is 0 Å².